The summed E-state index contributed by atoms with van der Waals surface area (Å²) >= 11 is 0. The molecule has 1 aromatic rings. The third-order valence-electron chi connectivity index (χ3n) is 3.61. The van der Waals surface area contributed by atoms with Crippen LogP contribution in [-0.4, -0.2) is 35.1 Å². The molecule has 2 N–H and O–H groups in total. The number of hydrogen-bond acceptors (Lipinski definition) is 3. The van der Waals surface area contributed by atoms with Gasteiger partial charge in [-0.2, -0.15) is 0 Å². The molecule has 20 heavy (non-hydrogen) atoms. The molecule has 0 spiro atoms. The largest absolute Gasteiger partial charge is 0.481 e. The van der Waals surface area contributed by atoms with Gasteiger partial charge in [0.15, 0.2) is 0 Å². The van der Waals surface area contributed by atoms with Crippen molar-refractivity contribution >= 4 is 12.0 Å². The topological polar surface area (TPSA) is 82.8 Å². The first-order valence-corrected chi connectivity index (χ1v) is 6.73. The molecule has 0 saturated heterocycles. The number of urea groups is 1. The first-order valence-electron chi connectivity index (χ1n) is 6.73. The molecule has 1 fully saturated rings. The number of furan rings is 1. The van der Waals surface area contributed by atoms with Gasteiger partial charge in [0.2, 0.25) is 0 Å². The minimum Gasteiger partial charge on any atom is -0.481 e. The van der Waals surface area contributed by atoms with E-state index in [0.29, 0.717) is 12.5 Å². The van der Waals surface area contributed by atoms with Gasteiger partial charge in [-0.15, -0.1) is 0 Å². The molecule has 0 bridgehead atoms. The van der Waals surface area contributed by atoms with Crippen LogP contribution in [0.25, 0.3) is 0 Å². The summed E-state index contributed by atoms with van der Waals surface area (Å²) in [4.78, 5) is 24.4. The summed E-state index contributed by atoms with van der Waals surface area (Å²) in [5.41, 5.74) is 0.948. The average Bonchev–Trinajstić information content (AvgIpc) is 3.14. The Labute approximate surface area is 117 Å². The van der Waals surface area contributed by atoms with Gasteiger partial charge in [-0.3, -0.25) is 4.79 Å². The van der Waals surface area contributed by atoms with Gasteiger partial charge in [-0.1, -0.05) is 0 Å². The number of carbonyl (C=O) groups is 2. The molecular weight excluding hydrogens is 260 g/mol. The van der Waals surface area contributed by atoms with E-state index in [9.17, 15) is 9.59 Å². The third kappa shape index (κ3) is 3.76. The molecule has 6 heteroatoms. The van der Waals surface area contributed by atoms with E-state index >= 15 is 0 Å². The van der Waals surface area contributed by atoms with Crippen molar-refractivity contribution in [2.24, 2.45) is 5.92 Å². The normalized spacial score (nSPS) is 15.7. The van der Waals surface area contributed by atoms with Crippen LogP contribution >= 0.6 is 0 Å². The average molecular weight is 280 g/mol. The van der Waals surface area contributed by atoms with E-state index in [0.717, 1.165) is 24.2 Å². The lowest BCUT2D eigenvalue weighted by Gasteiger charge is -2.22. The zero-order valence-electron chi connectivity index (χ0n) is 11.8. The predicted octanol–water partition coefficient (Wildman–Crippen LogP) is 1.98. The van der Waals surface area contributed by atoms with E-state index in [-0.39, 0.29) is 18.5 Å². The first-order chi connectivity index (χ1) is 9.47. The van der Waals surface area contributed by atoms with Gasteiger partial charge in [-0.05, 0) is 31.7 Å². The highest BCUT2D eigenvalue weighted by Crippen LogP contribution is 2.34. The summed E-state index contributed by atoms with van der Waals surface area (Å²) in [6.45, 7) is 2.29. The molecule has 1 aromatic heterocycles. The summed E-state index contributed by atoms with van der Waals surface area (Å²) in [7, 11) is 1.69. The van der Waals surface area contributed by atoms with Crippen LogP contribution in [0.5, 0.6) is 0 Å². The third-order valence-corrected chi connectivity index (χ3v) is 3.61. The standard InChI is InChI=1S/C14H20N2O4/c1-9-11(5-6-20-9)8-16(2)14(19)15-12(7-13(17)18)10-3-4-10/h5-6,10,12H,3-4,7-8H2,1-2H3,(H,15,19)(H,17,18). The van der Waals surface area contributed by atoms with Crippen molar-refractivity contribution in [2.75, 3.05) is 7.05 Å². The van der Waals surface area contributed by atoms with Crippen LogP contribution < -0.4 is 5.32 Å². The summed E-state index contributed by atoms with van der Waals surface area (Å²) in [5, 5.41) is 11.7. The number of nitrogens with one attached hydrogen (secondary N) is 1. The molecule has 1 saturated carbocycles. The number of carbonyl (C=O) groups excluding carboxylic acids is 1. The highest BCUT2D eigenvalue weighted by Gasteiger charge is 2.34. The maximum absolute atomic E-state index is 12.1. The monoisotopic (exact) mass is 280 g/mol. The highest BCUT2D eigenvalue weighted by molar-refractivity contribution is 5.75. The minimum atomic E-state index is -0.879. The second kappa shape index (κ2) is 5.98. The van der Waals surface area contributed by atoms with E-state index in [1.807, 2.05) is 13.0 Å². The van der Waals surface area contributed by atoms with Gasteiger partial charge >= 0.3 is 12.0 Å². The zero-order valence-corrected chi connectivity index (χ0v) is 11.8. The zero-order chi connectivity index (χ0) is 14.7. The molecule has 1 aliphatic carbocycles. The van der Waals surface area contributed by atoms with Crippen LogP contribution in [0.15, 0.2) is 16.7 Å². The fourth-order valence-corrected chi connectivity index (χ4v) is 2.19. The van der Waals surface area contributed by atoms with Crippen molar-refractivity contribution < 1.29 is 19.1 Å². The highest BCUT2D eigenvalue weighted by atomic mass is 16.4. The lowest BCUT2D eigenvalue weighted by atomic mass is 10.1. The molecule has 1 unspecified atom stereocenters. The molecule has 2 amide bonds. The van der Waals surface area contributed by atoms with Crippen LogP contribution in [0.4, 0.5) is 4.79 Å². The van der Waals surface area contributed by atoms with Crippen molar-refractivity contribution in [3.63, 3.8) is 0 Å². The van der Waals surface area contributed by atoms with Crippen molar-refractivity contribution in [1.29, 1.82) is 0 Å². The molecular formula is C14H20N2O4. The van der Waals surface area contributed by atoms with Crippen molar-refractivity contribution in [2.45, 2.75) is 38.8 Å². The van der Waals surface area contributed by atoms with Crippen molar-refractivity contribution in [3.05, 3.63) is 23.7 Å². The van der Waals surface area contributed by atoms with Crippen LogP contribution in [0.3, 0.4) is 0 Å². The quantitative estimate of drug-likeness (QED) is 0.834. The van der Waals surface area contributed by atoms with Crippen LogP contribution in [-0.2, 0) is 11.3 Å². The fraction of sp³-hybridized carbons (Fsp3) is 0.571. The van der Waals surface area contributed by atoms with Crippen LogP contribution in [0, 0.1) is 12.8 Å². The molecule has 1 heterocycles. The number of amides is 2. The summed E-state index contributed by atoms with van der Waals surface area (Å²) < 4.78 is 5.19. The number of carboxylic acids is 1. The molecule has 2 rings (SSSR count). The fourth-order valence-electron chi connectivity index (χ4n) is 2.19. The Morgan fingerprint density at radius 3 is 2.75 bits per heavy atom. The lowest BCUT2D eigenvalue weighted by Crippen LogP contribution is -2.44. The Bertz CT molecular complexity index is 493. The number of aryl methyl sites for hydroxylation is 1. The summed E-state index contributed by atoms with van der Waals surface area (Å²) in [6, 6.07) is 1.31. The molecule has 0 radical (unpaired) electrons. The van der Waals surface area contributed by atoms with Crippen LogP contribution in [0.1, 0.15) is 30.6 Å². The Balaban J connectivity index is 1.89. The van der Waals surface area contributed by atoms with E-state index in [4.69, 9.17) is 9.52 Å². The van der Waals surface area contributed by atoms with Gasteiger partial charge in [0, 0.05) is 18.7 Å². The minimum absolute atomic E-state index is 0.0189. The predicted molar refractivity (Wildman–Crippen MR) is 72.2 cm³/mol. The summed E-state index contributed by atoms with van der Waals surface area (Å²) in [6.07, 6.45) is 3.55. The molecule has 1 atom stereocenters. The number of aliphatic carboxylic acids is 1. The lowest BCUT2D eigenvalue weighted by molar-refractivity contribution is -0.137. The number of rotatable bonds is 6. The Hall–Kier alpha value is -1.98. The van der Waals surface area contributed by atoms with E-state index < -0.39 is 5.97 Å². The Morgan fingerprint density at radius 2 is 2.25 bits per heavy atom. The Morgan fingerprint density at radius 1 is 1.55 bits per heavy atom. The van der Waals surface area contributed by atoms with Crippen molar-refractivity contribution in [1.82, 2.24) is 10.2 Å². The van der Waals surface area contributed by atoms with Gasteiger partial charge in [0.05, 0.1) is 19.2 Å². The maximum atomic E-state index is 12.1. The van der Waals surface area contributed by atoms with Gasteiger partial charge in [-0.25, -0.2) is 4.79 Å². The van der Waals surface area contributed by atoms with Gasteiger partial charge in [0.25, 0.3) is 0 Å². The maximum Gasteiger partial charge on any atom is 0.317 e. The molecule has 0 aromatic carbocycles. The van der Waals surface area contributed by atoms with E-state index in [1.165, 1.54) is 4.90 Å². The van der Waals surface area contributed by atoms with Crippen LogP contribution in [0.2, 0.25) is 0 Å². The summed E-state index contributed by atoms with van der Waals surface area (Å²) in [5.74, 6) is 0.212. The number of carboxylic acid groups (broad SMARTS) is 1. The molecule has 110 valence electrons. The van der Waals surface area contributed by atoms with Crippen molar-refractivity contribution in [3.8, 4) is 0 Å². The number of nitrogens with zero attached hydrogens (tertiary/aromatic N) is 1. The first kappa shape index (κ1) is 14.4. The smallest absolute Gasteiger partial charge is 0.317 e. The SMILES string of the molecule is Cc1occc1CN(C)C(=O)NC(CC(=O)O)C1CC1. The molecule has 0 aliphatic heterocycles. The van der Waals surface area contributed by atoms with E-state index in [1.54, 1.807) is 13.3 Å². The van der Waals surface area contributed by atoms with Gasteiger partial charge < -0.3 is 19.7 Å². The molecule has 1 aliphatic rings. The second-order valence-corrected chi connectivity index (χ2v) is 5.35. The van der Waals surface area contributed by atoms with E-state index in [2.05, 4.69) is 5.32 Å². The molecule has 6 nitrogen and oxygen atoms in total. The van der Waals surface area contributed by atoms with Gasteiger partial charge in [0.1, 0.15) is 5.76 Å². The number of hydrogen-bond donors (Lipinski definition) is 2. The second-order valence-electron chi connectivity index (χ2n) is 5.35. The Kier molecular flexibility index (Phi) is 4.32.